The highest BCUT2D eigenvalue weighted by Crippen LogP contribution is 2.19. The van der Waals surface area contributed by atoms with Crippen molar-refractivity contribution in [3.8, 4) is 0 Å². The molecule has 14 heavy (non-hydrogen) atoms. The zero-order chi connectivity index (χ0) is 10.6. The number of rotatable bonds is 2. The molecule has 1 aromatic rings. The maximum absolute atomic E-state index is 12.8. The Labute approximate surface area is 83.7 Å². The molecule has 0 amide bonds. The molecule has 0 fully saturated rings. The molecule has 0 aliphatic heterocycles. The summed E-state index contributed by atoms with van der Waals surface area (Å²) < 4.78 is 12.8. The van der Waals surface area contributed by atoms with Crippen LogP contribution in [0.2, 0.25) is 0 Å². The van der Waals surface area contributed by atoms with Gasteiger partial charge >= 0.3 is 0 Å². The lowest BCUT2D eigenvalue weighted by Gasteiger charge is -2.05. The Morgan fingerprint density at radius 3 is 2.64 bits per heavy atom. The molecule has 0 bridgehead atoms. The fourth-order valence-corrected chi connectivity index (χ4v) is 1.37. The monoisotopic (exact) mass is 191 g/mol. The summed E-state index contributed by atoms with van der Waals surface area (Å²) in [4.78, 5) is 0. The van der Waals surface area contributed by atoms with Crippen LogP contribution in [-0.4, -0.2) is 0 Å². The second kappa shape index (κ2) is 4.61. The molecule has 0 aliphatic rings. The summed E-state index contributed by atoms with van der Waals surface area (Å²) in [5.74, 6) is -0.219. The van der Waals surface area contributed by atoms with E-state index in [1.54, 1.807) is 6.07 Å². The van der Waals surface area contributed by atoms with Gasteiger partial charge in [0, 0.05) is 6.20 Å². The second-order valence-corrected chi connectivity index (χ2v) is 3.08. The van der Waals surface area contributed by atoms with Crippen molar-refractivity contribution in [3.05, 3.63) is 53.5 Å². The zero-order valence-corrected chi connectivity index (χ0v) is 8.42. The first-order chi connectivity index (χ1) is 6.69. The number of halogens is 1. The molecule has 0 aromatic heterocycles. The number of nitrogens with two attached hydrogens (primary N) is 1. The average molecular weight is 191 g/mol. The first kappa shape index (κ1) is 10.5. The van der Waals surface area contributed by atoms with Crippen molar-refractivity contribution in [2.75, 3.05) is 0 Å². The Bertz CT molecular complexity index is 378. The van der Waals surface area contributed by atoms with Crippen LogP contribution in [0.15, 0.2) is 36.6 Å². The molecule has 0 radical (unpaired) electrons. The summed E-state index contributed by atoms with van der Waals surface area (Å²) in [6.45, 7) is 3.79. The van der Waals surface area contributed by atoms with Gasteiger partial charge in [-0.25, -0.2) is 4.39 Å². The molecule has 1 nitrogen and oxygen atoms in total. The summed E-state index contributed by atoms with van der Waals surface area (Å²) in [6, 6.07) is 4.68. The van der Waals surface area contributed by atoms with Crippen LogP contribution in [0.3, 0.4) is 0 Å². The van der Waals surface area contributed by atoms with Gasteiger partial charge in [0.1, 0.15) is 5.82 Å². The number of benzene rings is 1. The molecule has 0 atom stereocenters. The van der Waals surface area contributed by atoms with Crippen molar-refractivity contribution in [3.63, 3.8) is 0 Å². The third-order valence-corrected chi connectivity index (χ3v) is 2.03. The minimum Gasteiger partial charge on any atom is -0.404 e. The van der Waals surface area contributed by atoms with Gasteiger partial charge in [0.2, 0.25) is 0 Å². The van der Waals surface area contributed by atoms with E-state index in [0.717, 1.165) is 16.7 Å². The molecule has 74 valence electrons. The highest BCUT2D eigenvalue weighted by atomic mass is 19.1. The van der Waals surface area contributed by atoms with E-state index in [2.05, 4.69) is 0 Å². The van der Waals surface area contributed by atoms with E-state index in [0.29, 0.717) is 0 Å². The Morgan fingerprint density at radius 1 is 1.43 bits per heavy atom. The average Bonchev–Trinajstić information content (AvgIpc) is 2.15. The minimum atomic E-state index is -0.219. The van der Waals surface area contributed by atoms with Gasteiger partial charge in [-0.05, 0) is 42.7 Å². The summed E-state index contributed by atoms with van der Waals surface area (Å²) in [6.07, 6.45) is 5.34. The van der Waals surface area contributed by atoms with Crippen molar-refractivity contribution < 1.29 is 4.39 Å². The molecule has 1 rings (SSSR count). The fraction of sp³-hybridized carbons (Fsp3) is 0.167. The summed E-state index contributed by atoms with van der Waals surface area (Å²) in [5, 5.41) is 0. The maximum atomic E-state index is 12.8. The lowest BCUT2D eigenvalue weighted by atomic mass is 10.0. The molecule has 1 aromatic carbocycles. The summed E-state index contributed by atoms with van der Waals surface area (Å²) in [5.41, 5.74) is 8.25. The van der Waals surface area contributed by atoms with Crippen LogP contribution >= 0.6 is 0 Å². The first-order valence-corrected chi connectivity index (χ1v) is 4.50. The molecule has 0 aliphatic carbocycles. The zero-order valence-electron chi connectivity index (χ0n) is 8.42. The quantitative estimate of drug-likeness (QED) is 0.714. The molecule has 0 saturated carbocycles. The third-order valence-electron chi connectivity index (χ3n) is 2.03. The molecular weight excluding hydrogens is 177 g/mol. The van der Waals surface area contributed by atoms with Crippen molar-refractivity contribution in [2.45, 2.75) is 13.8 Å². The van der Waals surface area contributed by atoms with E-state index in [1.165, 1.54) is 18.3 Å². The highest BCUT2D eigenvalue weighted by molar-refractivity contribution is 5.75. The predicted octanol–water partition coefficient (Wildman–Crippen LogP) is 3.01. The first-order valence-electron chi connectivity index (χ1n) is 4.50. The third kappa shape index (κ3) is 2.22. The Kier molecular flexibility index (Phi) is 3.46. The number of hydrogen-bond acceptors (Lipinski definition) is 1. The smallest absolute Gasteiger partial charge is 0.123 e. The Hall–Kier alpha value is -1.57. The molecule has 2 N–H and O–H groups in total. The van der Waals surface area contributed by atoms with E-state index in [9.17, 15) is 4.39 Å². The topological polar surface area (TPSA) is 26.0 Å². The number of allylic oxidation sites excluding steroid dienone is 3. The molecule has 0 unspecified atom stereocenters. The van der Waals surface area contributed by atoms with Gasteiger partial charge < -0.3 is 5.73 Å². The Balaban J connectivity index is 3.18. The SMILES string of the molecule is C/C=C\C(=C/N)c1ccc(F)cc1C. The number of aryl methyl sites for hydroxylation is 1. The van der Waals surface area contributed by atoms with Gasteiger partial charge in [-0.15, -0.1) is 0 Å². The maximum Gasteiger partial charge on any atom is 0.123 e. The minimum absolute atomic E-state index is 0.219. The van der Waals surface area contributed by atoms with Crippen LogP contribution in [-0.2, 0) is 0 Å². The van der Waals surface area contributed by atoms with Crippen molar-refractivity contribution in [1.29, 1.82) is 0 Å². The van der Waals surface area contributed by atoms with Gasteiger partial charge in [0.25, 0.3) is 0 Å². The normalized spacial score (nSPS) is 12.4. The second-order valence-electron chi connectivity index (χ2n) is 3.08. The highest BCUT2D eigenvalue weighted by Gasteiger charge is 2.02. The molecular formula is C12H14FN. The van der Waals surface area contributed by atoms with Gasteiger partial charge in [-0.2, -0.15) is 0 Å². The molecule has 0 saturated heterocycles. The molecule has 0 heterocycles. The fourth-order valence-electron chi connectivity index (χ4n) is 1.37. The van der Waals surface area contributed by atoms with Crippen molar-refractivity contribution in [1.82, 2.24) is 0 Å². The predicted molar refractivity (Wildman–Crippen MR) is 58.1 cm³/mol. The standard InChI is InChI=1S/C12H14FN/c1-3-4-10(8-14)12-6-5-11(13)7-9(12)2/h3-8H,14H2,1-2H3/b4-3-,10-8+. The van der Waals surface area contributed by atoms with Gasteiger partial charge in [-0.3, -0.25) is 0 Å². The molecule has 0 spiro atoms. The lowest BCUT2D eigenvalue weighted by Crippen LogP contribution is -1.91. The number of hydrogen-bond donors (Lipinski definition) is 1. The van der Waals surface area contributed by atoms with E-state index < -0.39 is 0 Å². The van der Waals surface area contributed by atoms with Gasteiger partial charge in [0.05, 0.1) is 0 Å². The van der Waals surface area contributed by atoms with Crippen LogP contribution in [0.1, 0.15) is 18.1 Å². The largest absolute Gasteiger partial charge is 0.404 e. The van der Waals surface area contributed by atoms with E-state index in [4.69, 9.17) is 5.73 Å². The van der Waals surface area contributed by atoms with Gasteiger partial charge in [0.15, 0.2) is 0 Å². The lowest BCUT2D eigenvalue weighted by molar-refractivity contribution is 0.626. The van der Waals surface area contributed by atoms with Crippen molar-refractivity contribution in [2.24, 2.45) is 5.73 Å². The van der Waals surface area contributed by atoms with Crippen LogP contribution in [0.25, 0.3) is 5.57 Å². The van der Waals surface area contributed by atoms with Crippen LogP contribution in [0.4, 0.5) is 4.39 Å². The van der Waals surface area contributed by atoms with Crippen LogP contribution < -0.4 is 5.73 Å². The van der Waals surface area contributed by atoms with Crippen molar-refractivity contribution >= 4 is 5.57 Å². The molecule has 2 heteroatoms. The summed E-state index contributed by atoms with van der Waals surface area (Å²) >= 11 is 0. The van der Waals surface area contributed by atoms with Crippen LogP contribution in [0.5, 0.6) is 0 Å². The Morgan fingerprint density at radius 2 is 2.14 bits per heavy atom. The summed E-state index contributed by atoms with van der Waals surface area (Å²) in [7, 11) is 0. The van der Waals surface area contributed by atoms with Gasteiger partial charge in [-0.1, -0.05) is 18.2 Å². The van der Waals surface area contributed by atoms with E-state index >= 15 is 0 Å². The van der Waals surface area contributed by atoms with Crippen LogP contribution in [0, 0.1) is 12.7 Å². The van der Waals surface area contributed by atoms with E-state index in [-0.39, 0.29) is 5.82 Å². The van der Waals surface area contributed by atoms with E-state index in [1.807, 2.05) is 26.0 Å².